The second-order valence-corrected chi connectivity index (χ2v) is 6.26. The SMILES string of the molecule is CO[C@@H]1C[C@H](CNC(=O)C2(C(F)(F)F)CC2)N(c2ccncn2)C1. The van der Waals surface area contributed by atoms with Gasteiger partial charge in [0.1, 0.15) is 17.6 Å². The zero-order chi connectivity index (χ0) is 17.4. The number of carbonyl (C=O) groups excluding carboxylic acids is 1. The Hall–Kier alpha value is -1.90. The van der Waals surface area contributed by atoms with Crippen LogP contribution in [0.25, 0.3) is 0 Å². The van der Waals surface area contributed by atoms with Crippen molar-refractivity contribution >= 4 is 11.7 Å². The molecule has 0 spiro atoms. The fraction of sp³-hybridized carbons (Fsp3) is 0.667. The maximum atomic E-state index is 13.0. The minimum Gasteiger partial charge on any atom is -0.380 e. The van der Waals surface area contributed by atoms with E-state index in [2.05, 4.69) is 15.3 Å². The summed E-state index contributed by atoms with van der Waals surface area (Å²) < 4.78 is 44.3. The molecule has 3 rings (SSSR count). The number of nitrogens with one attached hydrogen (secondary N) is 1. The van der Waals surface area contributed by atoms with E-state index in [0.717, 1.165) is 0 Å². The number of carbonyl (C=O) groups is 1. The summed E-state index contributed by atoms with van der Waals surface area (Å²) in [5.41, 5.74) is -2.19. The summed E-state index contributed by atoms with van der Waals surface area (Å²) in [5.74, 6) is -0.265. The molecule has 1 N–H and O–H groups in total. The van der Waals surface area contributed by atoms with Gasteiger partial charge in [-0.2, -0.15) is 13.2 Å². The molecule has 9 heteroatoms. The molecule has 6 nitrogen and oxygen atoms in total. The molecule has 0 radical (unpaired) electrons. The molecular weight excluding hydrogens is 325 g/mol. The van der Waals surface area contributed by atoms with Crippen LogP contribution in [0.3, 0.4) is 0 Å². The van der Waals surface area contributed by atoms with Crippen molar-refractivity contribution in [3.05, 3.63) is 18.6 Å². The Morgan fingerprint density at radius 3 is 2.79 bits per heavy atom. The highest BCUT2D eigenvalue weighted by atomic mass is 19.4. The lowest BCUT2D eigenvalue weighted by Gasteiger charge is -2.26. The Labute approximate surface area is 137 Å². The van der Waals surface area contributed by atoms with E-state index in [1.807, 2.05) is 4.90 Å². The quantitative estimate of drug-likeness (QED) is 0.877. The average Bonchev–Trinajstić information content (AvgIpc) is 3.29. The minimum absolute atomic E-state index is 0.0561. The predicted molar refractivity (Wildman–Crippen MR) is 79.3 cm³/mol. The van der Waals surface area contributed by atoms with E-state index >= 15 is 0 Å². The Balaban J connectivity index is 1.66. The van der Waals surface area contributed by atoms with Crippen molar-refractivity contribution in [2.45, 2.75) is 37.6 Å². The number of methoxy groups -OCH3 is 1. The second kappa shape index (κ2) is 6.19. The van der Waals surface area contributed by atoms with Gasteiger partial charge in [0.2, 0.25) is 5.91 Å². The fourth-order valence-electron chi connectivity index (χ4n) is 3.12. The van der Waals surface area contributed by atoms with E-state index in [1.54, 1.807) is 19.4 Å². The van der Waals surface area contributed by atoms with Gasteiger partial charge in [-0.1, -0.05) is 0 Å². The van der Waals surface area contributed by atoms with Crippen LogP contribution in [-0.4, -0.2) is 54.4 Å². The number of hydrogen-bond donors (Lipinski definition) is 1. The highest BCUT2D eigenvalue weighted by Crippen LogP contribution is 2.57. The van der Waals surface area contributed by atoms with E-state index in [4.69, 9.17) is 4.74 Å². The molecule has 2 atom stereocenters. The number of halogens is 3. The summed E-state index contributed by atoms with van der Waals surface area (Å²) in [6.45, 7) is 0.693. The second-order valence-electron chi connectivity index (χ2n) is 6.26. The number of amides is 1. The van der Waals surface area contributed by atoms with Crippen molar-refractivity contribution in [1.29, 1.82) is 0 Å². The van der Waals surface area contributed by atoms with Crippen molar-refractivity contribution in [3.8, 4) is 0 Å². The smallest absolute Gasteiger partial charge is 0.380 e. The molecule has 1 saturated carbocycles. The molecule has 1 aliphatic heterocycles. The van der Waals surface area contributed by atoms with Crippen LogP contribution in [0, 0.1) is 5.41 Å². The first-order valence-electron chi connectivity index (χ1n) is 7.78. The summed E-state index contributed by atoms with van der Waals surface area (Å²) in [6.07, 6.45) is -1.20. The molecule has 2 heterocycles. The molecule has 0 aromatic carbocycles. The molecule has 1 aromatic rings. The lowest BCUT2D eigenvalue weighted by atomic mass is 10.1. The number of alkyl halides is 3. The molecule has 1 aliphatic carbocycles. The van der Waals surface area contributed by atoms with Gasteiger partial charge in [0.15, 0.2) is 0 Å². The van der Waals surface area contributed by atoms with E-state index in [-0.39, 0.29) is 31.5 Å². The highest BCUT2D eigenvalue weighted by Gasteiger charge is 2.68. The number of hydrogen-bond acceptors (Lipinski definition) is 5. The van der Waals surface area contributed by atoms with E-state index in [0.29, 0.717) is 18.8 Å². The molecular formula is C15H19F3N4O2. The third-order valence-electron chi connectivity index (χ3n) is 4.80. The number of rotatable bonds is 5. The zero-order valence-corrected chi connectivity index (χ0v) is 13.2. The highest BCUT2D eigenvalue weighted by molar-refractivity contribution is 5.86. The first kappa shape index (κ1) is 16.9. The largest absolute Gasteiger partial charge is 0.403 e. The van der Waals surface area contributed by atoms with Crippen LogP contribution in [0.2, 0.25) is 0 Å². The van der Waals surface area contributed by atoms with Gasteiger partial charge in [0.25, 0.3) is 0 Å². The number of anilines is 1. The van der Waals surface area contributed by atoms with Gasteiger partial charge in [0, 0.05) is 26.4 Å². The lowest BCUT2D eigenvalue weighted by molar-refractivity contribution is -0.192. The zero-order valence-electron chi connectivity index (χ0n) is 13.2. The Morgan fingerprint density at radius 1 is 1.50 bits per heavy atom. The topological polar surface area (TPSA) is 67.3 Å². The molecule has 1 saturated heterocycles. The maximum absolute atomic E-state index is 13.0. The van der Waals surface area contributed by atoms with Gasteiger partial charge < -0.3 is 15.0 Å². The van der Waals surface area contributed by atoms with Gasteiger partial charge in [0.05, 0.1) is 12.1 Å². The fourth-order valence-corrected chi connectivity index (χ4v) is 3.12. The van der Waals surface area contributed by atoms with Crippen LogP contribution >= 0.6 is 0 Å². The average molecular weight is 344 g/mol. The van der Waals surface area contributed by atoms with E-state index in [9.17, 15) is 18.0 Å². The van der Waals surface area contributed by atoms with Gasteiger partial charge in [-0.25, -0.2) is 9.97 Å². The predicted octanol–water partition coefficient (Wildman–Crippen LogP) is 1.53. The number of aromatic nitrogens is 2. The first-order chi connectivity index (χ1) is 11.4. The van der Waals surface area contributed by atoms with Gasteiger partial charge in [-0.3, -0.25) is 4.79 Å². The van der Waals surface area contributed by atoms with Crippen LogP contribution in [0.15, 0.2) is 18.6 Å². The van der Waals surface area contributed by atoms with Gasteiger partial charge in [-0.05, 0) is 25.3 Å². The molecule has 0 bridgehead atoms. The summed E-state index contributed by atoms with van der Waals surface area (Å²) >= 11 is 0. The monoisotopic (exact) mass is 344 g/mol. The molecule has 2 aliphatic rings. The molecule has 132 valence electrons. The summed E-state index contributed by atoms with van der Waals surface area (Å²) in [4.78, 5) is 22.0. The third kappa shape index (κ3) is 3.04. The van der Waals surface area contributed by atoms with Gasteiger partial charge in [-0.15, -0.1) is 0 Å². The van der Waals surface area contributed by atoms with E-state index < -0.39 is 17.5 Å². The molecule has 2 fully saturated rings. The normalized spacial score (nSPS) is 25.6. The summed E-state index contributed by atoms with van der Waals surface area (Å²) in [6, 6.07) is 1.56. The Bertz CT molecular complexity index is 592. The lowest BCUT2D eigenvalue weighted by Crippen LogP contribution is -2.46. The van der Waals surface area contributed by atoms with Crippen LogP contribution in [0.1, 0.15) is 19.3 Å². The third-order valence-corrected chi connectivity index (χ3v) is 4.80. The minimum atomic E-state index is -4.49. The van der Waals surface area contributed by atoms with Crippen molar-refractivity contribution in [3.63, 3.8) is 0 Å². The van der Waals surface area contributed by atoms with Crippen LogP contribution in [0.4, 0.5) is 19.0 Å². The Morgan fingerprint density at radius 2 is 2.25 bits per heavy atom. The molecule has 24 heavy (non-hydrogen) atoms. The van der Waals surface area contributed by atoms with Gasteiger partial charge >= 0.3 is 6.18 Å². The van der Waals surface area contributed by atoms with Crippen molar-refractivity contribution in [2.24, 2.45) is 5.41 Å². The van der Waals surface area contributed by atoms with Crippen molar-refractivity contribution < 1.29 is 22.7 Å². The summed E-state index contributed by atoms with van der Waals surface area (Å²) in [7, 11) is 1.59. The molecule has 0 unspecified atom stereocenters. The maximum Gasteiger partial charge on any atom is 0.403 e. The molecule has 1 aromatic heterocycles. The number of ether oxygens (including phenoxy) is 1. The van der Waals surface area contributed by atoms with Crippen molar-refractivity contribution in [1.82, 2.24) is 15.3 Å². The molecule has 1 amide bonds. The van der Waals surface area contributed by atoms with Crippen LogP contribution in [0.5, 0.6) is 0 Å². The van der Waals surface area contributed by atoms with Crippen LogP contribution in [-0.2, 0) is 9.53 Å². The summed E-state index contributed by atoms with van der Waals surface area (Å²) in [5, 5.41) is 2.48. The van der Waals surface area contributed by atoms with Crippen molar-refractivity contribution in [2.75, 3.05) is 25.1 Å². The first-order valence-corrected chi connectivity index (χ1v) is 7.78. The Kier molecular flexibility index (Phi) is 4.37. The number of nitrogens with zero attached hydrogens (tertiary/aromatic N) is 3. The standard InChI is InChI=1S/C15H19F3N4O2/c1-24-11-6-10(22(8-11)12-2-5-19-9-21-12)7-20-13(23)14(3-4-14)15(16,17)18/h2,5,9-11H,3-4,6-8H2,1H3,(H,20,23)/t10-,11-/m1/s1. The van der Waals surface area contributed by atoms with E-state index in [1.165, 1.54) is 6.33 Å². The van der Waals surface area contributed by atoms with Crippen LogP contribution < -0.4 is 10.2 Å².